The van der Waals surface area contributed by atoms with Gasteiger partial charge in [-0.1, -0.05) is 20.8 Å². The van der Waals surface area contributed by atoms with Crippen LogP contribution in [-0.2, 0) is 0 Å². The van der Waals surface area contributed by atoms with Crippen LogP contribution in [-0.4, -0.2) is 18.1 Å². The Bertz CT molecular complexity index is 409. The van der Waals surface area contributed by atoms with E-state index in [0.717, 1.165) is 29.3 Å². The predicted octanol–water partition coefficient (Wildman–Crippen LogP) is 4.02. The zero-order valence-corrected chi connectivity index (χ0v) is 12.7. The molecule has 0 radical (unpaired) electrons. The van der Waals surface area contributed by atoms with Gasteiger partial charge in [-0.3, -0.25) is 0 Å². The van der Waals surface area contributed by atoms with E-state index in [1.165, 1.54) is 12.0 Å². The first-order valence-corrected chi connectivity index (χ1v) is 7.05. The lowest BCUT2D eigenvalue weighted by Crippen LogP contribution is -2.26. The molecule has 0 spiro atoms. The Morgan fingerprint density at radius 3 is 2.71 bits per heavy atom. The molecular weight excluding hydrogens is 276 g/mol. The Morgan fingerprint density at radius 1 is 1.41 bits per heavy atom. The highest BCUT2D eigenvalue weighted by Crippen LogP contribution is 2.37. The minimum Gasteiger partial charge on any atom is -0.355 e. The van der Waals surface area contributed by atoms with Gasteiger partial charge in [0.2, 0.25) is 0 Å². The Morgan fingerprint density at radius 2 is 2.12 bits per heavy atom. The van der Waals surface area contributed by atoms with Gasteiger partial charge in [0.05, 0.1) is 4.47 Å². The average molecular weight is 297 g/mol. The van der Waals surface area contributed by atoms with E-state index in [2.05, 4.69) is 53.5 Å². The molecular formula is C14H21BrN2. The van der Waals surface area contributed by atoms with Crippen molar-refractivity contribution in [1.82, 2.24) is 4.98 Å². The number of hydrogen-bond donors (Lipinski definition) is 0. The average Bonchev–Trinajstić information content (AvgIpc) is 2.70. The lowest BCUT2D eigenvalue weighted by atomic mass is 9.80. The Kier molecular flexibility index (Phi) is 3.48. The molecule has 0 saturated carbocycles. The topological polar surface area (TPSA) is 16.1 Å². The highest BCUT2D eigenvalue weighted by molar-refractivity contribution is 9.10. The molecule has 2 heterocycles. The maximum absolute atomic E-state index is 4.52. The quantitative estimate of drug-likeness (QED) is 0.778. The molecule has 0 aromatic carbocycles. The van der Waals surface area contributed by atoms with Crippen LogP contribution in [0.2, 0.25) is 0 Å². The highest BCUT2D eigenvalue weighted by Gasteiger charge is 2.32. The van der Waals surface area contributed by atoms with E-state index < -0.39 is 0 Å². The van der Waals surface area contributed by atoms with Crippen LogP contribution in [0.1, 0.15) is 32.8 Å². The molecule has 94 valence electrons. The van der Waals surface area contributed by atoms with E-state index in [0.29, 0.717) is 5.41 Å². The monoisotopic (exact) mass is 296 g/mol. The van der Waals surface area contributed by atoms with Crippen molar-refractivity contribution in [3.05, 3.63) is 22.3 Å². The number of aromatic nitrogens is 1. The maximum atomic E-state index is 4.52. The van der Waals surface area contributed by atoms with Gasteiger partial charge < -0.3 is 4.90 Å². The molecule has 0 amide bonds. The van der Waals surface area contributed by atoms with Crippen molar-refractivity contribution in [3.8, 4) is 0 Å². The molecule has 0 aliphatic carbocycles. The summed E-state index contributed by atoms with van der Waals surface area (Å²) in [5.41, 5.74) is 1.65. The van der Waals surface area contributed by atoms with Gasteiger partial charge in [-0.2, -0.15) is 0 Å². The van der Waals surface area contributed by atoms with Crippen molar-refractivity contribution >= 4 is 21.7 Å². The van der Waals surface area contributed by atoms with Crippen molar-refractivity contribution in [1.29, 1.82) is 0 Å². The van der Waals surface area contributed by atoms with Gasteiger partial charge in [-0.05, 0) is 52.2 Å². The molecule has 1 aliphatic heterocycles. The van der Waals surface area contributed by atoms with Gasteiger partial charge in [0.25, 0.3) is 0 Å². The fourth-order valence-corrected chi connectivity index (χ4v) is 2.89. The van der Waals surface area contributed by atoms with E-state index >= 15 is 0 Å². The third-order valence-electron chi connectivity index (χ3n) is 3.78. The van der Waals surface area contributed by atoms with Crippen molar-refractivity contribution in [2.24, 2.45) is 11.3 Å². The minimum absolute atomic E-state index is 0.394. The lowest BCUT2D eigenvalue weighted by molar-refractivity contribution is 0.263. The first-order chi connectivity index (χ1) is 7.89. The molecule has 0 N–H and O–H groups in total. The van der Waals surface area contributed by atoms with Crippen LogP contribution < -0.4 is 4.90 Å². The normalized spacial score (nSPS) is 21.0. The summed E-state index contributed by atoms with van der Waals surface area (Å²) >= 11 is 3.66. The first-order valence-electron chi connectivity index (χ1n) is 6.25. The minimum atomic E-state index is 0.394. The van der Waals surface area contributed by atoms with Gasteiger partial charge in [0.1, 0.15) is 5.82 Å². The van der Waals surface area contributed by atoms with E-state index in [-0.39, 0.29) is 0 Å². The van der Waals surface area contributed by atoms with Gasteiger partial charge in [-0.25, -0.2) is 4.98 Å². The van der Waals surface area contributed by atoms with Gasteiger partial charge >= 0.3 is 0 Å². The third kappa shape index (κ3) is 2.65. The molecule has 1 unspecified atom stereocenters. The maximum Gasteiger partial charge on any atom is 0.143 e. The third-order valence-corrected chi connectivity index (χ3v) is 4.76. The largest absolute Gasteiger partial charge is 0.355 e. The second-order valence-corrected chi connectivity index (χ2v) is 6.86. The Hall–Kier alpha value is -0.570. The van der Waals surface area contributed by atoms with Gasteiger partial charge in [-0.15, -0.1) is 0 Å². The second kappa shape index (κ2) is 4.60. The smallest absolute Gasteiger partial charge is 0.143 e. The fraction of sp³-hybridized carbons (Fsp3) is 0.643. The highest BCUT2D eigenvalue weighted by atomic mass is 79.9. The standard InChI is InChI=1S/C14H21BrN2/c1-10-5-7-16-13(12(10)15)17-8-6-11(9-17)14(2,3)4/h5,7,11H,6,8-9H2,1-4H3. The second-order valence-electron chi connectivity index (χ2n) is 6.06. The van der Waals surface area contributed by atoms with Crippen molar-refractivity contribution in [2.45, 2.75) is 34.1 Å². The van der Waals surface area contributed by atoms with Crippen molar-refractivity contribution < 1.29 is 0 Å². The number of nitrogens with zero attached hydrogens (tertiary/aromatic N) is 2. The molecule has 17 heavy (non-hydrogen) atoms. The SMILES string of the molecule is Cc1ccnc(N2CCC(C(C)(C)C)C2)c1Br. The van der Waals surface area contributed by atoms with Crippen LogP contribution in [0.4, 0.5) is 5.82 Å². The molecule has 1 aliphatic rings. The number of anilines is 1. The van der Waals surface area contributed by atoms with Gasteiger partial charge in [0.15, 0.2) is 0 Å². The molecule has 2 nitrogen and oxygen atoms in total. The molecule has 1 saturated heterocycles. The molecule has 0 bridgehead atoms. The summed E-state index contributed by atoms with van der Waals surface area (Å²) in [6.07, 6.45) is 3.17. The lowest BCUT2D eigenvalue weighted by Gasteiger charge is -2.27. The van der Waals surface area contributed by atoms with E-state index in [9.17, 15) is 0 Å². The van der Waals surface area contributed by atoms with E-state index in [1.807, 2.05) is 12.3 Å². The van der Waals surface area contributed by atoms with Crippen LogP contribution >= 0.6 is 15.9 Å². The van der Waals surface area contributed by atoms with Crippen LogP contribution in [0.3, 0.4) is 0 Å². The van der Waals surface area contributed by atoms with E-state index in [1.54, 1.807) is 0 Å². The predicted molar refractivity (Wildman–Crippen MR) is 76.4 cm³/mol. The van der Waals surface area contributed by atoms with Crippen LogP contribution in [0.25, 0.3) is 0 Å². The Labute approximate surface area is 113 Å². The van der Waals surface area contributed by atoms with Crippen LogP contribution in [0.5, 0.6) is 0 Å². The first kappa shape index (κ1) is 12.9. The van der Waals surface area contributed by atoms with Crippen LogP contribution in [0, 0.1) is 18.3 Å². The number of rotatable bonds is 1. The number of hydrogen-bond acceptors (Lipinski definition) is 2. The van der Waals surface area contributed by atoms with Crippen molar-refractivity contribution in [2.75, 3.05) is 18.0 Å². The summed E-state index contributed by atoms with van der Waals surface area (Å²) in [5.74, 6) is 1.87. The molecule has 1 fully saturated rings. The van der Waals surface area contributed by atoms with Crippen LogP contribution in [0.15, 0.2) is 16.7 Å². The summed E-state index contributed by atoms with van der Waals surface area (Å²) in [6.45, 7) is 11.4. The zero-order valence-electron chi connectivity index (χ0n) is 11.1. The summed E-state index contributed by atoms with van der Waals surface area (Å²) in [4.78, 5) is 6.93. The number of pyridine rings is 1. The van der Waals surface area contributed by atoms with Crippen molar-refractivity contribution in [3.63, 3.8) is 0 Å². The molecule has 3 heteroatoms. The summed E-state index contributed by atoms with van der Waals surface area (Å²) in [5, 5.41) is 0. The zero-order chi connectivity index (χ0) is 12.6. The Balaban J connectivity index is 2.18. The number of aryl methyl sites for hydroxylation is 1. The summed E-state index contributed by atoms with van der Waals surface area (Å²) in [6, 6.07) is 2.05. The summed E-state index contributed by atoms with van der Waals surface area (Å²) < 4.78 is 1.15. The fourth-order valence-electron chi connectivity index (χ4n) is 2.41. The van der Waals surface area contributed by atoms with E-state index in [4.69, 9.17) is 0 Å². The molecule has 2 rings (SSSR count). The molecule has 1 aromatic heterocycles. The molecule has 1 aromatic rings. The van der Waals surface area contributed by atoms with Gasteiger partial charge in [0, 0.05) is 19.3 Å². The molecule has 1 atom stereocenters. The summed E-state index contributed by atoms with van der Waals surface area (Å²) in [7, 11) is 0. The number of halogens is 1.